The Morgan fingerprint density at radius 1 is 1.50 bits per heavy atom. The van der Waals surface area contributed by atoms with Crippen LogP contribution in [-0.2, 0) is 10.0 Å². The third-order valence-electron chi connectivity index (χ3n) is 1.92. The van der Waals surface area contributed by atoms with E-state index in [1.165, 1.54) is 7.05 Å². The van der Waals surface area contributed by atoms with Crippen molar-refractivity contribution in [2.45, 2.75) is 6.92 Å². The zero-order valence-corrected chi connectivity index (χ0v) is 10.6. The van der Waals surface area contributed by atoms with Crippen LogP contribution in [0.2, 0.25) is 5.28 Å². The molecule has 90 valence electrons. The van der Waals surface area contributed by atoms with Gasteiger partial charge in [-0.25, -0.2) is 23.1 Å². The predicted molar refractivity (Wildman–Crippen MR) is 63.1 cm³/mol. The number of sulfonamides is 1. The van der Waals surface area contributed by atoms with Crippen LogP contribution in [0.15, 0.2) is 6.20 Å². The van der Waals surface area contributed by atoms with E-state index in [9.17, 15) is 8.42 Å². The van der Waals surface area contributed by atoms with Crippen LogP contribution in [0.5, 0.6) is 0 Å². The van der Waals surface area contributed by atoms with Crippen LogP contribution in [0.4, 0.5) is 5.82 Å². The van der Waals surface area contributed by atoms with Gasteiger partial charge in [-0.3, -0.25) is 0 Å². The molecule has 2 N–H and O–H groups in total. The molecule has 0 radical (unpaired) electrons. The molecule has 0 atom stereocenters. The van der Waals surface area contributed by atoms with E-state index in [0.717, 1.165) is 5.56 Å². The number of hydrogen-bond acceptors (Lipinski definition) is 5. The fourth-order valence-electron chi connectivity index (χ4n) is 1.01. The van der Waals surface area contributed by atoms with E-state index in [-0.39, 0.29) is 17.6 Å². The maximum Gasteiger partial charge on any atom is 0.224 e. The van der Waals surface area contributed by atoms with Gasteiger partial charge in [-0.1, -0.05) is 0 Å². The Morgan fingerprint density at radius 3 is 2.81 bits per heavy atom. The zero-order valence-electron chi connectivity index (χ0n) is 8.99. The average Bonchev–Trinajstić information content (AvgIpc) is 2.23. The highest BCUT2D eigenvalue weighted by Gasteiger charge is 2.07. The molecule has 1 rings (SSSR count). The van der Waals surface area contributed by atoms with Gasteiger partial charge in [0.1, 0.15) is 5.82 Å². The predicted octanol–water partition coefficient (Wildman–Crippen LogP) is 0.400. The van der Waals surface area contributed by atoms with E-state index < -0.39 is 10.0 Å². The van der Waals surface area contributed by atoms with Crippen LogP contribution >= 0.6 is 11.6 Å². The quantitative estimate of drug-likeness (QED) is 0.752. The molecule has 6 nitrogen and oxygen atoms in total. The molecule has 0 aliphatic carbocycles. The SMILES string of the molecule is CNS(=O)(=O)CCNc1nc(Cl)ncc1C. The number of halogens is 1. The van der Waals surface area contributed by atoms with E-state index in [1.807, 2.05) is 6.92 Å². The van der Waals surface area contributed by atoms with Crippen LogP contribution in [0, 0.1) is 6.92 Å². The number of nitrogens with one attached hydrogen (secondary N) is 2. The van der Waals surface area contributed by atoms with Crippen molar-refractivity contribution in [3.8, 4) is 0 Å². The number of aromatic nitrogens is 2. The molecule has 0 unspecified atom stereocenters. The number of nitrogens with zero attached hydrogens (tertiary/aromatic N) is 2. The molecule has 16 heavy (non-hydrogen) atoms. The Morgan fingerprint density at radius 2 is 2.19 bits per heavy atom. The van der Waals surface area contributed by atoms with Crippen molar-refractivity contribution >= 4 is 27.4 Å². The van der Waals surface area contributed by atoms with Crippen molar-refractivity contribution < 1.29 is 8.42 Å². The average molecular weight is 265 g/mol. The molecule has 0 saturated carbocycles. The molecule has 0 fully saturated rings. The highest BCUT2D eigenvalue weighted by Crippen LogP contribution is 2.11. The minimum absolute atomic E-state index is 0.0233. The summed E-state index contributed by atoms with van der Waals surface area (Å²) in [4.78, 5) is 7.74. The third-order valence-corrected chi connectivity index (χ3v) is 3.46. The summed E-state index contributed by atoms with van der Waals surface area (Å²) in [6, 6.07) is 0. The normalized spacial score (nSPS) is 11.4. The van der Waals surface area contributed by atoms with Crippen LogP contribution in [0.3, 0.4) is 0 Å². The summed E-state index contributed by atoms with van der Waals surface area (Å²) in [6.07, 6.45) is 1.57. The second kappa shape index (κ2) is 5.42. The van der Waals surface area contributed by atoms with Crippen molar-refractivity contribution in [2.75, 3.05) is 24.7 Å². The Labute approximate surface area is 99.5 Å². The van der Waals surface area contributed by atoms with E-state index >= 15 is 0 Å². The van der Waals surface area contributed by atoms with Gasteiger partial charge in [0.05, 0.1) is 5.75 Å². The van der Waals surface area contributed by atoms with Crippen molar-refractivity contribution in [3.05, 3.63) is 17.0 Å². The molecule has 0 saturated heterocycles. The molecule has 0 aliphatic rings. The van der Waals surface area contributed by atoms with Crippen molar-refractivity contribution in [1.82, 2.24) is 14.7 Å². The van der Waals surface area contributed by atoms with Crippen molar-refractivity contribution in [1.29, 1.82) is 0 Å². The Balaban J connectivity index is 2.59. The van der Waals surface area contributed by atoms with Crippen molar-refractivity contribution in [3.63, 3.8) is 0 Å². The topological polar surface area (TPSA) is 84.0 Å². The Hall–Kier alpha value is -0.920. The molecule has 1 heterocycles. The number of anilines is 1. The first-order valence-corrected chi connectivity index (χ1v) is 6.62. The second-order valence-corrected chi connectivity index (χ2v) is 5.50. The molecule has 0 amide bonds. The lowest BCUT2D eigenvalue weighted by atomic mass is 10.3. The van der Waals surface area contributed by atoms with E-state index in [4.69, 9.17) is 11.6 Å². The first-order valence-electron chi connectivity index (χ1n) is 4.59. The lowest BCUT2D eigenvalue weighted by Gasteiger charge is -2.08. The summed E-state index contributed by atoms with van der Waals surface area (Å²) in [5, 5.41) is 3.02. The van der Waals surface area contributed by atoms with Gasteiger partial charge < -0.3 is 5.32 Å². The second-order valence-electron chi connectivity index (χ2n) is 3.12. The maximum absolute atomic E-state index is 11.1. The standard InChI is InChI=1S/C8H13ClN4O2S/c1-6-5-12-8(9)13-7(6)11-3-4-16(14,15)10-2/h5,10H,3-4H2,1-2H3,(H,11,12,13). The lowest BCUT2D eigenvalue weighted by molar-refractivity contribution is 0.588. The van der Waals surface area contributed by atoms with Gasteiger partial charge in [-0.15, -0.1) is 0 Å². The van der Waals surface area contributed by atoms with E-state index in [0.29, 0.717) is 5.82 Å². The first kappa shape index (κ1) is 13.1. The number of aryl methyl sites for hydroxylation is 1. The summed E-state index contributed by atoms with van der Waals surface area (Å²) in [6.45, 7) is 2.07. The molecule has 1 aromatic heterocycles. The maximum atomic E-state index is 11.1. The summed E-state index contributed by atoms with van der Waals surface area (Å²) in [5.74, 6) is 0.524. The van der Waals surface area contributed by atoms with Crippen molar-refractivity contribution in [2.24, 2.45) is 0 Å². The van der Waals surface area contributed by atoms with Gasteiger partial charge in [0.15, 0.2) is 0 Å². The number of rotatable bonds is 5. The summed E-state index contributed by atoms with van der Waals surface area (Å²) < 4.78 is 24.5. The summed E-state index contributed by atoms with van der Waals surface area (Å²) >= 11 is 5.62. The Bertz CT molecular complexity index is 463. The number of hydrogen-bond donors (Lipinski definition) is 2. The third kappa shape index (κ3) is 3.92. The largest absolute Gasteiger partial charge is 0.369 e. The lowest BCUT2D eigenvalue weighted by Crippen LogP contribution is -2.26. The zero-order chi connectivity index (χ0) is 12.2. The van der Waals surface area contributed by atoms with Crippen LogP contribution < -0.4 is 10.0 Å². The van der Waals surface area contributed by atoms with Crippen LogP contribution in [0.1, 0.15) is 5.56 Å². The molecule has 8 heteroatoms. The molecule has 1 aromatic rings. The molecule has 0 spiro atoms. The highest BCUT2D eigenvalue weighted by atomic mass is 35.5. The minimum Gasteiger partial charge on any atom is -0.369 e. The fourth-order valence-corrected chi connectivity index (χ4v) is 1.71. The first-order chi connectivity index (χ1) is 7.44. The Kier molecular flexibility index (Phi) is 4.45. The molecular formula is C8H13ClN4O2S. The van der Waals surface area contributed by atoms with Gasteiger partial charge in [0.2, 0.25) is 15.3 Å². The van der Waals surface area contributed by atoms with E-state index in [2.05, 4.69) is 20.0 Å². The summed E-state index contributed by atoms with van der Waals surface area (Å²) in [5.41, 5.74) is 0.811. The molecule has 0 aromatic carbocycles. The minimum atomic E-state index is -3.20. The summed E-state index contributed by atoms with van der Waals surface area (Å²) in [7, 11) is -1.82. The van der Waals surface area contributed by atoms with Crippen LogP contribution in [-0.4, -0.2) is 37.7 Å². The molecule has 0 aliphatic heterocycles. The smallest absolute Gasteiger partial charge is 0.224 e. The van der Waals surface area contributed by atoms with Gasteiger partial charge >= 0.3 is 0 Å². The van der Waals surface area contributed by atoms with Gasteiger partial charge in [-0.2, -0.15) is 0 Å². The van der Waals surface area contributed by atoms with Gasteiger partial charge in [0, 0.05) is 18.3 Å². The van der Waals surface area contributed by atoms with E-state index in [1.54, 1.807) is 6.20 Å². The van der Waals surface area contributed by atoms with Gasteiger partial charge in [-0.05, 0) is 25.6 Å². The molecule has 0 bridgehead atoms. The van der Waals surface area contributed by atoms with Crippen LogP contribution in [0.25, 0.3) is 0 Å². The highest BCUT2D eigenvalue weighted by molar-refractivity contribution is 7.89. The monoisotopic (exact) mass is 264 g/mol. The fraction of sp³-hybridized carbons (Fsp3) is 0.500. The molecular weight excluding hydrogens is 252 g/mol. The van der Waals surface area contributed by atoms with Gasteiger partial charge in [0.25, 0.3) is 0 Å².